The summed E-state index contributed by atoms with van der Waals surface area (Å²) in [7, 11) is 0. The van der Waals surface area contributed by atoms with Gasteiger partial charge in [-0.1, -0.05) is 25.6 Å². The second-order valence-electron chi connectivity index (χ2n) is 7.16. The summed E-state index contributed by atoms with van der Waals surface area (Å²) >= 11 is 1.36. The van der Waals surface area contributed by atoms with Crippen LogP contribution in [0.1, 0.15) is 26.7 Å². The number of carbonyl (C=O) groups is 2. The number of piperidine rings is 1. The van der Waals surface area contributed by atoms with Crippen LogP contribution in [0.15, 0.2) is 28.0 Å². The van der Waals surface area contributed by atoms with Crippen molar-refractivity contribution >= 4 is 23.6 Å². The largest absolute Gasteiger partial charge is 0.461 e. The van der Waals surface area contributed by atoms with Crippen LogP contribution in [0.25, 0.3) is 11.6 Å². The monoisotopic (exact) mass is 391 g/mol. The standard InChI is InChI=1S/C18H25N5O3S/c1-12(2)9-23-17(14-6-4-8-26-14)20-21-18(23)27-11-15(24)22-7-3-5-13(10-22)16(19)25/h4,6,8,12-13H,3,5,7,9-11H2,1-2H3,(H2,19,25). The number of amides is 2. The quantitative estimate of drug-likeness (QED) is 0.724. The van der Waals surface area contributed by atoms with E-state index in [1.807, 2.05) is 16.7 Å². The Labute approximate surface area is 162 Å². The maximum atomic E-state index is 12.6. The molecule has 1 fully saturated rings. The van der Waals surface area contributed by atoms with E-state index >= 15 is 0 Å². The van der Waals surface area contributed by atoms with Crippen LogP contribution in [0.2, 0.25) is 0 Å². The number of primary amides is 1. The third-order valence-corrected chi connectivity index (χ3v) is 5.46. The second-order valence-corrected chi connectivity index (χ2v) is 8.10. The lowest BCUT2D eigenvalue weighted by Gasteiger charge is -2.31. The van der Waals surface area contributed by atoms with E-state index in [0.29, 0.717) is 35.7 Å². The van der Waals surface area contributed by atoms with E-state index in [4.69, 9.17) is 10.2 Å². The molecule has 0 aromatic carbocycles. The van der Waals surface area contributed by atoms with Crippen molar-refractivity contribution in [2.75, 3.05) is 18.8 Å². The number of nitrogens with zero attached hydrogens (tertiary/aromatic N) is 4. The molecular weight excluding hydrogens is 366 g/mol. The van der Waals surface area contributed by atoms with Gasteiger partial charge in [-0.15, -0.1) is 10.2 Å². The van der Waals surface area contributed by atoms with Gasteiger partial charge in [0.1, 0.15) is 0 Å². The van der Waals surface area contributed by atoms with Crippen LogP contribution >= 0.6 is 11.8 Å². The molecule has 2 amide bonds. The molecule has 2 N–H and O–H groups in total. The maximum absolute atomic E-state index is 12.6. The van der Waals surface area contributed by atoms with E-state index in [2.05, 4.69) is 24.0 Å². The summed E-state index contributed by atoms with van der Waals surface area (Å²) in [4.78, 5) is 25.7. The zero-order chi connectivity index (χ0) is 19.4. The van der Waals surface area contributed by atoms with Gasteiger partial charge in [0.2, 0.25) is 11.8 Å². The number of rotatable bonds is 7. The van der Waals surface area contributed by atoms with Crippen molar-refractivity contribution in [1.82, 2.24) is 19.7 Å². The maximum Gasteiger partial charge on any atom is 0.233 e. The van der Waals surface area contributed by atoms with E-state index in [-0.39, 0.29) is 23.5 Å². The summed E-state index contributed by atoms with van der Waals surface area (Å²) in [6.45, 7) is 6.03. The summed E-state index contributed by atoms with van der Waals surface area (Å²) in [6.07, 6.45) is 3.16. The molecule has 2 aromatic rings. The molecule has 0 bridgehead atoms. The highest BCUT2D eigenvalue weighted by atomic mass is 32.2. The lowest BCUT2D eigenvalue weighted by atomic mass is 9.97. The summed E-state index contributed by atoms with van der Waals surface area (Å²) in [5, 5.41) is 9.19. The molecule has 1 aliphatic heterocycles. The second kappa shape index (κ2) is 8.60. The molecule has 0 saturated carbocycles. The number of hydrogen-bond donors (Lipinski definition) is 1. The van der Waals surface area contributed by atoms with E-state index in [1.165, 1.54) is 11.8 Å². The Balaban J connectivity index is 1.68. The average Bonchev–Trinajstić information content (AvgIpc) is 3.29. The van der Waals surface area contributed by atoms with Crippen molar-refractivity contribution in [3.8, 4) is 11.6 Å². The molecule has 3 rings (SSSR count). The molecule has 1 unspecified atom stereocenters. The van der Waals surface area contributed by atoms with Crippen molar-refractivity contribution < 1.29 is 14.0 Å². The summed E-state index contributed by atoms with van der Waals surface area (Å²) in [5.74, 6) is 1.37. The predicted octanol–water partition coefficient (Wildman–Crippen LogP) is 2.01. The van der Waals surface area contributed by atoms with Gasteiger partial charge in [-0.25, -0.2) is 0 Å². The van der Waals surface area contributed by atoms with Gasteiger partial charge in [-0.05, 0) is 30.9 Å². The minimum Gasteiger partial charge on any atom is -0.461 e. The van der Waals surface area contributed by atoms with Gasteiger partial charge in [0, 0.05) is 19.6 Å². The van der Waals surface area contributed by atoms with Crippen molar-refractivity contribution in [2.24, 2.45) is 17.6 Å². The molecule has 8 nitrogen and oxygen atoms in total. The van der Waals surface area contributed by atoms with Gasteiger partial charge in [-0.3, -0.25) is 14.2 Å². The highest BCUT2D eigenvalue weighted by molar-refractivity contribution is 7.99. The van der Waals surface area contributed by atoms with Crippen LogP contribution in [0, 0.1) is 11.8 Å². The molecule has 0 aliphatic carbocycles. The summed E-state index contributed by atoms with van der Waals surface area (Å²) in [6, 6.07) is 3.66. The van der Waals surface area contributed by atoms with E-state index in [0.717, 1.165) is 19.4 Å². The Morgan fingerprint density at radius 1 is 1.41 bits per heavy atom. The molecule has 9 heteroatoms. The first-order valence-electron chi connectivity index (χ1n) is 9.12. The lowest BCUT2D eigenvalue weighted by molar-refractivity contribution is -0.132. The molecular formula is C18H25N5O3S. The Kier molecular flexibility index (Phi) is 6.20. The Hall–Kier alpha value is -2.29. The fraction of sp³-hybridized carbons (Fsp3) is 0.556. The predicted molar refractivity (Wildman–Crippen MR) is 102 cm³/mol. The molecule has 1 atom stereocenters. The minimum absolute atomic E-state index is 0.00963. The molecule has 1 aliphatic rings. The average molecular weight is 391 g/mol. The van der Waals surface area contributed by atoms with Gasteiger partial charge in [0.05, 0.1) is 17.9 Å². The Bertz CT molecular complexity index is 787. The molecule has 0 spiro atoms. The van der Waals surface area contributed by atoms with Gasteiger partial charge in [0.15, 0.2) is 16.7 Å². The van der Waals surface area contributed by atoms with Crippen molar-refractivity contribution in [1.29, 1.82) is 0 Å². The number of thioether (sulfide) groups is 1. The van der Waals surface area contributed by atoms with E-state index < -0.39 is 0 Å². The van der Waals surface area contributed by atoms with Gasteiger partial charge in [0.25, 0.3) is 0 Å². The first-order valence-corrected chi connectivity index (χ1v) is 10.1. The molecule has 3 heterocycles. The first-order chi connectivity index (χ1) is 13.0. The zero-order valence-corrected chi connectivity index (χ0v) is 16.4. The molecule has 0 radical (unpaired) electrons. The fourth-order valence-electron chi connectivity index (χ4n) is 3.17. The van der Waals surface area contributed by atoms with Crippen LogP contribution in [0.5, 0.6) is 0 Å². The van der Waals surface area contributed by atoms with Gasteiger partial charge < -0.3 is 15.1 Å². The fourth-order valence-corrected chi connectivity index (χ4v) is 4.02. The first kappa shape index (κ1) is 19.5. The normalized spacial score (nSPS) is 17.4. The highest BCUT2D eigenvalue weighted by Crippen LogP contribution is 2.26. The molecule has 2 aromatic heterocycles. The number of likely N-dealkylation sites (tertiary alicyclic amines) is 1. The highest BCUT2D eigenvalue weighted by Gasteiger charge is 2.27. The Morgan fingerprint density at radius 2 is 2.22 bits per heavy atom. The number of aromatic nitrogens is 3. The molecule has 27 heavy (non-hydrogen) atoms. The lowest BCUT2D eigenvalue weighted by Crippen LogP contribution is -2.44. The van der Waals surface area contributed by atoms with Crippen LogP contribution in [0.3, 0.4) is 0 Å². The van der Waals surface area contributed by atoms with Crippen LogP contribution in [0.4, 0.5) is 0 Å². The van der Waals surface area contributed by atoms with E-state index in [1.54, 1.807) is 11.2 Å². The number of furan rings is 1. The molecule has 146 valence electrons. The number of carbonyl (C=O) groups excluding carboxylic acids is 2. The number of hydrogen-bond acceptors (Lipinski definition) is 6. The molecule has 1 saturated heterocycles. The van der Waals surface area contributed by atoms with Crippen molar-refractivity contribution in [3.63, 3.8) is 0 Å². The van der Waals surface area contributed by atoms with Crippen LogP contribution < -0.4 is 5.73 Å². The number of nitrogens with two attached hydrogens (primary N) is 1. The topological polar surface area (TPSA) is 107 Å². The summed E-state index contributed by atoms with van der Waals surface area (Å²) in [5.41, 5.74) is 5.40. The zero-order valence-electron chi connectivity index (χ0n) is 15.6. The minimum atomic E-state index is -0.333. The Morgan fingerprint density at radius 3 is 2.89 bits per heavy atom. The summed E-state index contributed by atoms with van der Waals surface area (Å²) < 4.78 is 7.45. The van der Waals surface area contributed by atoms with Crippen LogP contribution in [-0.4, -0.2) is 50.3 Å². The van der Waals surface area contributed by atoms with Gasteiger partial charge in [-0.2, -0.15) is 0 Å². The van der Waals surface area contributed by atoms with Crippen molar-refractivity contribution in [2.45, 2.75) is 38.4 Å². The van der Waals surface area contributed by atoms with Crippen molar-refractivity contribution in [3.05, 3.63) is 18.4 Å². The van der Waals surface area contributed by atoms with Crippen LogP contribution in [-0.2, 0) is 16.1 Å². The SMILES string of the molecule is CC(C)Cn1c(SCC(=O)N2CCCC(C(N)=O)C2)nnc1-c1ccco1. The third-order valence-electron chi connectivity index (χ3n) is 4.51. The third kappa shape index (κ3) is 4.71. The van der Waals surface area contributed by atoms with E-state index in [9.17, 15) is 9.59 Å². The van der Waals surface area contributed by atoms with Gasteiger partial charge >= 0.3 is 0 Å². The smallest absolute Gasteiger partial charge is 0.233 e.